The number of hydrogen-bond donors (Lipinski definition) is 4. The van der Waals surface area contributed by atoms with Crippen LogP contribution in [0.3, 0.4) is 0 Å². The number of nitrogens with zero attached hydrogens (tertiary/aromatic N) is 4. The molecule has 0 aliphatic heterocycles. The van der Waals surface area contributed by atoms with Crippen LogP contribution in [0.5, 0.6) is 17.2 Å². The number of nitro groups is 1. The number of aromatic hydroxyl groups is 3. The van der Waals surface area contributed by atoms with E-state index in [2.05, 4.69) is 20.8 Å². The summed E-state index contributed by atoms with van der Waals surface area (Å²) in [7, 11) is 0. The van der Waals surface area contributed by atoms with Gasteiger partial charge in [-0.25, -0.2) is 5.43 Å². The molecule has 0 saturated heterocycles. The van der Waals surface area contributed by atoms with Crippen LogP contribution in [0.1, 0.15) is 15.9 Å². The first-order valence-corrected chi connectivity index (χ1v) is 8.70. The van der Waals surface area contributed by atoms with Crippen LogP contribution in [0, 0.1) is 10.1 Å². The maximum Gasteiger partial charge on any atom is 0.296 e. The van der Waals surface area contributed by atoms with E-state index in [9.17, 15) is 30.2 Å². The number of nitrogens with one attached hydrogen (secondary N) is 1. The lowest BCUT2D eigenvalue weighted by Crippen LogP contribution is -2.19. The summed E-state index contributed by atoms with van der Waals surface area (Å²) in [4.78, 5) is 22.9. The molecule has 0 saturated carbocycles. The predicted molar refractivity (Wildman–Crippen MR) is 109 cm³/mol. The largest absolute Gasteiger partial charge is 0.504 e. The van der Waals surface area contributed by atoms with Gasteiger partial charge in [-0.15, -0.1) is 15.3 Å². The van der Waals surface area contributed by atoms with Gasteiger partial charge in [0.25, 0.3) is 11.6 Å². The van der Waals surface area contributed by atoms with E-state index in [1.807, 2.05) is 0 Å². The van der Waals surface area contributed by atoms with E-state index in [0.717, 1.165) is 12.1 Å². The van der Waals surface area contributed by atoms with Crippen molar-refractivity contribution >= 4 is 23.1 Å². The molecule has 31 heavy (non-hydrogen) atoms. The number of para-hydroxylation sites is 1. The average Bonchev–Trinajstić information content (AvgIpc) is 2.77. The molecule has 3 rings (SSSR count). The third kappa shape index (κ3) is 4.98. The monoisotopic (exact) mass is 421 g/mol. The zero-order valence-corrected chi connectivity index (χ0v) is 15.7. The number of benzene rings is 3. The van der Waals surface area contributed by atoms with Gasteiger partial charge in [-0.05, 0) is 18.2 Å². The number of phenols is 3. The fourth-order valence-electron chi connectivity index (χ4n) is 2.44. The molecule has 0 aliphatic rings. The molecule has 0 heterocycles. The van der Waals surface area contributed by atoms with Gasteiger partial charge in [0, 0.05) is 17.2 Å². The quantitative estimate of drug-likeness (QED) is 0.122. The highest BCUT2D eigenvalue weighted by molar-refractivity contribution is 6.01. The number of amidine groups is 1. The lowest BCUT2D eigenvalue weighted by atomic mass is 10.2. The minimum atomic E-state index is -0.820. The number of azo groups is 1. The van der Waals surface area contributed by atoms with Gasteiger partial charge in [-0.2, -0.15) is 0 Å². The second-order valence-corrected chi connectivity index (χ2v) is 6.05. The van der Waals surface area contributed by atoms with Crippen molar-refractivity contribution in [1.82, 2.24) is 5.43 Å². The van der Waals surface area contributed by atoms with Crippen LogP contribution in [-0.2, 0) is 0 Å². The molecule has 4 N–H and O–H groups in total. The number of hydrogen-bond acceptors (Lipinski definition) is 8. The summed E-state index contributed by atoms with van der Waals surface area (Å²) in [5.41, 5.74) is 2.23. The van der Waals surface area contributed by atoms with Crippen LogP contribution in [0.2, 0.25) is 0 Å². The van der Waals surface area contributed by atoms with E-state index in [0.29, 0.717) is 5.56 Å². The van der Waals surface area contributed by atoms with Gasteiger partial charge in [0.05, 0.1) is 4.92 Å². The van der Waals surface area contributed by atoms with Gasteiger partial charge in [-0.3, -0.25) is 14.9 Å². The number of hydrazone groups is 1. The summed E-state index contributed by atoms with van der Waals surface area (Å²) >= 11 is 0. The van der Waals surface area contributed by atoms with Crippen molar-refractivity contribution < 1.29 is 25.0 Å². The topological polar surface area (TPSA) is 170 Å². The Morgan fingerprint density at radius 1 is 0.903 bits per heavy atom. The second-order valence-electron chi connectivity index (χ2n) is 6.05. The Balaban J connectivity index is 1.93. The molecule has 3 aromatic carbocycles. The highest BCUT2D eigenvalue weighted by atomic mass is 16.6. The molecular weight excluding hydrogens is 406 g/mol. The molecule has 0 aliphatic carbocycles. The Hall–Kier alpha value is -4.80. The molecule has 3 aromatic rings. The molecular formula is C20H15N5O6. The zero-order valence-electron chi connectivity index (χ0n) is 15.7. The van der Waals surface area contributed by atoms with Gasteiger partial charge in [0.15, 0.2) is 22.9 Å². The molecule has 11 nitrogen and oxygen atoms in total. The number of carbonyl (C=O) groups excluding carboxylic acids is 1. The minimum Gasteiger partial charge on any atom is -0.504 e. The fourth-order valence-corrected chi connectivity index (χ4v) is 2.44. The summed E-state index contributed by atoms with van der Waals surface area (Å²) < 4.78 is 0. The normalized spacial score (nSPS) is 11.4. The minimum absolute atomic E-state index is 0.00385. The molecule has 0 spiro atoms. The first-order valence-electron chi connectivity index (χ1n) is 8.70. The summed E-state index contributed by atoms with van der Waals surface area (Å²) in [5, 5.41) is 51.4. The Bertz CT molecular complexity index is 1170. The highest BCUT2D eigenvalue weighted by Crippen LogP contribution is 2.35. The van der Waals surface area contributed by atoms with E-state index in [4.69, 9.17) is 0 Å². The highest BCUT2D eigenvalue weighted by Gasteiger charge is 2.15. The van der Waals surface area contributed by atoms with Crippen LogP contribution in [0.25, 0.3) is 0 Å². The van der Waals surface area contributed by atoms with Gasteiger partial charge in [0.2, 0.25) is 5.84 Å². The van der Waals surface area contributed by atoms with Crippen molar-refractivity contribution in [1.29, 1.82) is 0 Å². The summed E-state index contributed by atoms with van der Waals surface area (Å²) in [6, 6.07) is 16.0. The number of rotatable bonds is 5. The molecule has 11 heteroatoms. The van der Waals surface area contributed by atoms with Gasteiger partial charge >= 0.3 is 0 Å². The number of carbonyl (C=O) groups is 1. The SMILES string of the molecule is O=C(N/N=C(/N=Nc1ccccc1[N+](=O)[O-])c1ccccc1)c1cc(O)c(O)c(O)c1. The summed E-state index contributed by atoms with van der Waals surface area (Å²) in [5.74, 6) is -3.01. The zero-order chi connectivity index (χ0) is 22.4. The first kappa shape index (κ1) is 20.9. The van der Waals surface area contributed by atoms with Crippen molar-refractivity contribution in [2.75, 3.05) is 0 Å². The van der Waals surface area contributed by atoms with E-state index in [1.165, 1.54) is 18.2 Å². The average molecular weight is 421 g/mol. The van der Waals surface area contributed by atoms with Crippen LogP contribution in [-0.4, -0.2) is 32.0 Å². The van der Waals surface area contributed by atoms with Crippen molar-refractivity contribution in [2.45, 2.75) is 0 Å². The summed E-state index contributed by atoms with van der Waals surface area (Å²) in [6.45, 7) is 0. The van der Waals surface area contributed by atoms with Crippen molar-refractivity contribution in [2.24, 2.45) is 15.3 Å². The molecule has 1 amide bonds. The summed E-state index contributed by atoms with van der Waals surface area (Å²) in [6.07, 6.45) is 0. The molecule has 0 radical (unpaired) electrons. The van der Waals surface area contributed by atoms with Crippen LogP contribution < -0.4 is 5.43 Å². The van der Waals surface area contributed by atoms with Crippen molar-refractivity contribution in [3.63, 3.8) is 0 Å². The smallest absolute Gasteiger partial charge is 0.296 e. The first-order chi connectivity index (χ1) is 14.9. The van der Waals surface area contributed by atoms with Crippen LogP contribution >= 0.6 is 0 Å². The fraction of sp³-hybridized carbons (Fsp3) is 0. The van der Waals surface area contributed by atoms with Gasteiger partial charge < -0.3 is 15.3 Å². The number of amides is 1. The lowest BCUT2D eigenvalue weighted by molar-refractivity contribution is -0.384. The van der Waals surface area contributed by atoms with Crippen LogP contribution in [0.15, 0.2) is 82.1 Å². The number of nitro benzene ring substituents is 1. The molecule has 0 fully saturated rings. The molecule has 0 atom stereocenters. The van der Waals surface area contributed by atoms with Crippen molar-refractivity contribution in [3.8, 4) is 17.2 Å². The maximum atomic E-state index is 12.3. The van der Waals surface area contributed by atoms with Gasteiger partial charge in [0.1, 0.15) is 0 Å². The third-order valence-electron chi connectivity index (χ3n) is 3.96. The Morgan fingerprint density at radius 2 is 1.52 bits per heavy atom. The predicted octanol–water partition coefficient (Wildman–Crippen LogP) is 3.59. The molecule has 0 bridgehead atoms. The van der Waals surface area contributed by atoms with Crippen LogP contribution in [0.4, 0.5) is 11.4 Å². The van der Waals surface area contributed by atoms with E-state index < -0.39 is 28.1 Å². The van der Waals surface area contributed by atoms with Crippen molar-refractivity contribution in [3.05, 3.63) is 88.0 Å². The molecule has 0 aromatic heterocycles. The Morgan fingerprint density at radius 3 is 2.16 bits per heavy atom. The second kappa shape index (κ2) is 9.13. The molecule has 0 unspecified atom stereocenters. The standard InChI is InChI=1S/C20H15N5O6/c26-16-10-13(11-17(27)18(16)28)20(29)24-23-19(12-6-2-1-3-7-12)22-21-14-8-4-5-9-15(14)25(30)31/h1-11,26-28H,(H,24,29)/b22-21?,23-19+. The van der Waals surface area contributed by atoms with E-state index in [-0.39, 0.29) is 22.8 Å². The number of phenolic OH excluding ortho intramolecular Hbond substituents is 3. The third-order valence-corrected chi connectivity index (χ3v) is 3.96. The lowest BCUT2D eigenvalue weighted by Gasteiger charge is -2.05. The van der Waals surface area contributed by atoms with E-state index in [1.54, 1.807) is 36.4 Å². The van der Waals surface area contributed by atoms with Gasteiger partial charge in [-0.1, -0.05) is 42.5 Å². The Kier molecular flexibility index (Phi) is 6.16. The molecule has 156 valence electrons. The Labute approximate surface area is 174 Å². The maximum absolute atomic E-state index is 12.3. The van der Waals surface area contributed by atoms with E-state index >= 15 is 0 Å².